The summed E-state index contributed by atoms with van der Waals surface area (Å²) in [6, 6.07) is 0. The molecular weight excluding hydrogens is 208 g/mol. The van der Waals surface area contributed by atoms with E-state index in [9.17, 15) is 9.59 Å². The van der Waals surface area contributed by atoms with Crippen LogP contribution in [0.2, 0.25) is 0 Å². The monoisotopic (exact) mass is 228 g/mol. The Morgan fingerprint density at radius 3 is 2.94 bits per heavy atom. The molecule has 0 aromatic carbocycles. The van der Waals surface area contributed by atoms with E-state index in [0.29, 0.717) is 25.9 Å². The summed E-state index contributed by atoms with van der Waals surface area (Å²) in [6.07, 6.45) is 2.10. The maximum atomic E-state index is 11.5. The number of carbonyl (C=O) groups is 2. The van der Waals surface area contributed by atoms with Crippen LogP contribution in [-0.2, 0) is 9.59 Å². The van der Waals surface area contributed by atoms with Crippen LogP contribution >= 0.6 is 0 Å². The maximum absolute atomic E-state index is 11.5. The fourth-order valence-corrected chi connectivity index (χ4v) is 1.71. The summed E-state index contributed by atoms with van der Waals surface area (Å²) in [4.78, 5) is 24.3. The van der Waals surface area contributed by atoms with E-state index in [1.54, 1.807) is 4.90 Å². The van der Waals surface area contributed by atoms with Gasteiger partial charge in [0.05, 0.1) is 6.54 Å². The SMILES string of the molecule is CC(CCO)CNC(=O)CN1CCCC1=O. The lowest BCUT2D eigenvalue weighted by Crippen LogP contribution is -2.39. The molecule has 1 fully saturated rings. The summed E-state index contributed by atoms with van der Waals surface area (Å²) in [5.74, 6) is 0.224. The van der Waals surface area contributed by atoms with Crippen LogP contribution in [0, 0.1) is 5.92 Å². The van der Waals surface area contributed by atoms with Crippen LogP contribution in [0.5, 0.6) is 0 Å². The molecule has 5 nitrogen and oxygen atoms in total. The molecular formula is C11H20N2O3. The average Bonchev–Trinajstić information content (AvgIpc) is 2.62. The Kier molecular flexibility index (Phi) is 5.25. The van der Waals surface area contributed by atoms with Crippen molar-refractivity contribution in [2.45, 2.75) is 26.2 Å². The van der Waals surface area contributed by atoms with Gasteiger partial charge in [-0.15, -0.1) is 0 Å². The van der Waals surface area contributed by atoms with Crippen molar-refractivity contribution >= 4 is 11.8 Å². The smallest absolute Gasteiger partial charge is 0.239 e. The fraction of sp³-hybridized carbons (Fsp3) is 0.818. The molecule has 1 aliphatic heterocycles. The van der Waals surface area contributed by atoms with Crippen LogP contribution < -0.4 is 5.32 Å². The van der Waals surface area contributed by atoms with Gasteiger partial charge < -0.3 is 15.3 Å². The molecule has 5 heteroatoms. The van der Waals surface area contributed by atoms with Gasteiger partial charge in [-0.2, -0.15) is 0 Å². The number of amides is 2. The Morgan fingerprint density at radius 1 is 1.62 bits per heavy atom. The number of aliphatic hydroxyl groups excluding tert-OH is 1. The molecule has 0 aliphatic carbocycles. The zero-order valence-electron chi connectivity index (χ0n) is 9.74. The molecule has 2 amide bonds. The second-order valence-corrected chi connectivity index (χ2v) is 4.34. The van der Waals surface area contributed by atoms with Gasteiger partial charge in [-0.05, 0) is 18.8 Å². The number of nitrogens with one attached hydrogen (secondary N) is 1. The molecule has 0 aromatic rings. The highest BCUT2D eigenvalue weighted by atomic mass is 16.3. The number of hydrogen-bond donors (Lipinski definition) is 2. The fourth-order valence-electron chi connectivity index (χ4n) is 1.71. The van der Waals surface area contributed by atoms with Crippen LogP contribution in [0.25, 0.3) is 0 Å². The summed E-state index contributed by atoms with van der Waals surface area (Å²) < 4.78 is 0. The number of carbonyl (C=O) groups excluding carboxylic acids is 2. The summed E-state index contributed by atoms with van der Waals surface area (Å²) in [5, 5.41) is 11.5. The van der Waals surface area contributed by atoms with Crippen molar-refractivity contribution in [1.29, 1.82) is 0 Å². The summed E-state index contributed by atoms with van der Waals surface area (Å²) in [6.45, 7) is 3.53. The second-order valence-electron chi connectivity index (χ2n) is 4.34. The third-order valence-corrected chi connectivity index (χ3v) is 2.78. The number of hydrogen-bond acceptors (Lipinski definition) is 3. The van der Waals surface area contributed by atoms with Crippen molar-refractivity contribution in [3.8, 4) is 0 Å². The van der Waals surface area contributed by atoms with Crippen molar-refractivity contribution in [3.63, 3.8) is 0 Å². The predicted octanol–water partition coefficient (Wildman–Crippen LogP) is -0.257. The molecule has 1 aliphatic rings. The molecule has 0 radical (unpaired) electrons. The Labute approximate surface area is 95.8 Å². The van der Waals surface area contributed by atoms with E-state index < -0.39 is 0 Å². The average molecular weight is 228 g/mol. The van der Waals surface area contributed by atoms with Crippen molar-refractivity contribution in [1.82, 2.24) is 10.2 Å². The Bertz CT molecular complexity index is 256. The van der Waals surface area contributed by atoms with Gasteiger partial charge in [0.25, 0.3) is 0 Å². The van der Waals surface area contributed by atoms with E-state index in [4.69, 9.17) is 5.11 Å². The number of rotatable bonds is 6. The molecule has 0 spiro atoms. The minimum absolute atomic E-state index is 0.0681. The standard InChI is InChI=1S/C11H20N2O3/c1-9(4-6-14)7-12-10(15)8-13-5-2-3-11(13)16/h9,14H,2-8H2,1H3,(H,12,15). The third kappa shape index (κ3) is 4.18. The van der Waals surface area contributed by atoms with Crippen LogP contribution in [-0.4, -0.2) is 48.1 Å². The first-order valence-electron chi connectivity index (χ1n) is 5.79. The van der Waals surface area contributed by atoms with Crippen LogP contribution in [0.4, 0.5) is 0 Å². The van der Waals surface area contributed by atoms with Crippen LogP contribution in [0.3, 0.4) is 0 Å². The lowest BCUT2D eigenvalue weighted by Gasteiger charge is -2.16. The van der Waals surface area contributed by atoms with Gasteiger partial charge in [0.2, 0.25) is 11.8 Å². The molecule has 1 unspecified atom stereocenters. The van der Waals surface area contributed by atoms with E-state index >= 15 is 0 Å². The van der Waals surface area contributed by atoms with Gasteiger partial charge in [-0.1, -0.05) is 6.92 Å². The van der Waals surface area contributed by atoms with Crippen LogP contribution in [0.15, 0.2) is 0 Å². The van der Waals surface area contributed by atoms with E-state index in [1.807, 2.05) is 6.92 Å². The zero-order chi connectivity index (χ0) is 12.0. The maximum Gasteiger partial charge on any atom is 0.239 e. The largest absolute Gasteiger partial charge is 0.396 e. The Morgan fingerprint density at radius 2 is 2.38 bits per heavy atom. The van der Waals surface area contributed by atoms with Gasteiger partial charge in [-0.25, -0.2) is 0 Å². The minimum atomic E-state index is -0.111. The second kappa shape index (κ2) is 6.48. The van der Waals surface area contributed by atoms with Crippen molar-refractivity contribution in [2.24, 2.45) is 5.92 Å². The van der Waals surface area contributed by atoms with Gasteiger partial charge in [0.15, 0.2) is 0 Å². The first-order valence-corrected chi connectivity index (χ1v) is 5.79. The lowest BCUT2D eigenvalue weighted by molar-refractivity contribution is -0.133. The molecule has 2 N–H and O–H groups in total. The van der Waals surface area contributed by atoms with E-state index in [-0.39, 0.29) is 30.9 Å². The van der Waals surface area contributed by atoms with Gasteiger partial charge in [0, 0.05) is 26.1 Å². The number of nitrogens with zero attached hydrogens (tertiary/aromatic N) is 1. The molecule has 0 aromatic heterocycles. The van der Waals surface area contributed by atoms with Crippen molar-refractivity contribution in [3.05, 3.63) is 0 Å². The minimum Gasteiger partial charge on any atom is -0.396 e. The number of aliphatic hydroxyl groups is 1. The normalized spacial score (nSPS) is 17.6. The Balaban J connectivity index is 2.18. The van der Waals surface area contributed by atoms with E-state index in [1.165, 1.54) is 0 Å². The van der Waals surface area contributed by atoms with Crippen molar-refractivity contribution < 1.29 is 14.7 Å². The summed E-state index contributed by atoms with van der Waals surface area (Å²) in [5.41, 5.74) is 0. The molecule has 1 atom stereocenters. The third-order valence-electron chi connectivity index (χ3n) is 2.78. The summed E-state index contributed by atoms with van der Waals surface area (Å²) >= 11 is 0. The highest BCUT2D eigenvalue weighted by molar-refractivity contribution is 5.85. The van der Waals surface area contributed by atoms with Gasteiger partial charge in [0.1, 0.15) is 0 Å². The molecule has 1 rings (SSSR count). The number of likely N-dealkylation sites (tertiary alicyclic amines) is 1. The highest BCUT2D eigenvalue weighted by Crippen LogP contribution is 2.08. The predicted molar refractivity (Wildman–Crippen MR) is 59.7 cm³/mol. The zero-order valence-corrected chi connectivity index (χ0v) is 9.74. The lowest BCUT2D eigenvalue weighted by atomic mass is 10.1. The van der Waals surface area contributed by atoms with Gasteiger partial charge >= 0.3 is 0 Å². The molecule has 92 valence electrons. The first-order chi connectivity index (χ1) is 7.63. The molecule has 0 saturated carbocycles. The van der Waals surface area contributed by atoms with Crippen LogP contribution in [0.1, 0.15) is 26.2 Å². The molecule has 16 heavy (non-hydrogen) atoms. The van der Waals surface area contributed by atoms with E-state index in [2.05, 4.69) is 5.32 Å². The molecule has 0 bridgehead atoms. The molecule has 1 saturated heterocycles. The molecule has 1 heterocycles. The highest BCUT2D eigenvalue weighted by Gasteiger charge is 2.22. The first kappa shape index (κ1) is 13.0. The Hall–Kier alpha value is -1.10. The summed E-state index contributed by atoms with van der Waals surface area (Å²) in [7, 11) is 0. The van der Waals surface area contributed by atoms with Crippen molar-refractivity contribution in [2.75, 3.05) is 26.2 Å². The quantitative estimate of drug-likeness (QED) is 0.658. The topological polar surface area (TPSA) is 69.6 Å². The van der Waals surface area contributed by atoms with E-state index in [0.717, 1.165) is 6.42 Å². The van der Waals surface area contributed by atoms with Gasteiger partial charge in [-0.3, -0.25) is 9.59 Å².